The summed E-state index contributed by atoms with van der Waals surface area (Å²) in [4.78, 5) is 25.7. The van der Waals surface area contributed by atoms with Crippen LogP contribution < -0.4 is 10.9 Å². The van der Waals surface area contributed by atoms with Crippen LogP contribution in [0.15, 0.2) is 23.1 Å². The van der Waals surface area contributed by atoms with Gasteiger partial charge < -0.3 is 15.4 Å². The molecule has 5 nitrogen and oxygen atoms in total. The van der Waals surface area contributed by atoms with Gasteiger partial charge in [0, 0.05) is 17.8 Å². The van der Waals surface area contributed by atoms with E-state index in [0.29, 0.717) is 5.56 Å². The van der Waals surface area contributed by atoms with Gasteiger partial charge in [0.25, 0.3) is 5.91 Å². The lowest BCUT2D eigenvalue weighted by molar-refractivity contribution is 0.0758. The zero-order valence-corrected chi connectivity index (χ0v) is 10.2. The van der Waals surface area contributed by atoms with E-state index in [2.05, 4.69) is 10.3 Å². The molecule has 1 aromatic rings. The van der Waals surface area contributed by atoms with Crippen LogP contribution in [0.2, 0.25) is 0 Å². The molecule has 0 spiro atoms. The highest BCUT2D eigenvalue weighted by atomic mass is 16.3. The molecule has 0 saturated heterocycles. The van der Waals surface area contributed by atoms with Crippen LogP contribution in [0.5, 0.6) is 0 Å². The highest BCUT2D eigenvalue weighted by Crippen LogP contribution is 2.27. The van der Waals surface area contributed by atoms with E-state index in [0.717, 1.165) is 32.1 Å². The summed E-state index contributed by atoms with van der Waals surface area (Å²) in [6.07, 6.45) is 6.19. The van der Waals surface area contributed by atoms with Gasteiger partial charge in [0.1, 0.15) is 0 Å². The van der Waals surface area contributed by atoms with Gasteiger partial charge >= 0.3 is 0 Å². The Labute approximate surface area is 105 Å². The third-order valence-electron chi connectivity index (χ3n) is 3.53. The monoisotopic (exact) mass is 250 g/mol. The fraction of sp³-hybridized carbons (Fsp3) is 0.538. The molecule has 0 aliphatic heterocycles. The molecule has 1 aliphatic rings. The Kier molecular flexibility index (Phi) is 3.81. The SMILES string of the molecule is O=C(NC1(CO)CCCCC1)c1cc[nH]c(=O)c1. The van der Waals surface area contributed by atoms with Crippen LogP contribution in [0.4, 0.5) is 0 Å². The number of aliphatic hydroxyl groups is 1. The fourth-order valence-corrected chi connectivity index (χ4v) is 2.45. The molecular weight excluding hydrogens is 232 g/mol. The molecule has 18 heavy (non-hydrogen) atoms. The Morgan fingerprint density at radius 3 is 2.72 bits per heavy atom. The number of amides is 1. The Morgan fingerprint density at radius 1 is 1.39 bits per heavy atom. The van der Waals surface area contributed by atoms with E-state index in [1.54, 1.807) is 6.07 Å². The molecule has 1 saturated carbocycles. The van der Waals surface area contributed by atoms with Gasteiger partial charge in [-0.15, -0.1) is 0 Å². The lowest BCUT2D eigenvalue weighted by Gasteiger charge is -2.36. The van der Waals surface area contributed by atoms with E-state index < -0.39 is 5.54 Å². The molecular formula is C13H18N2O3. The second-order valence-electron chi connectivity index (χ2n) is 4.89. The number of hydrogen-bond acceptors (Lipinski definition) is 3. The molecule has 1 aromatic heterocycles. The van der Waals surface area contributed by atoms with Crippen LogP contribution in [-0.4, -0.2) is 28.1 Å². The number of pyridine rings is 1. The number of carbonyl (C=O) groups is 1. The maximum Gasteiger partial charge on any atom is 0.252 e. The van der Waals surface area contributed by atoms with Crippen LogP contribution in [0.25, 0.3) is 0 Å². The average molecular weight is 250 g/mol. The third kappa shape index (κ3) is 2.79. The summed E-state index contributed by atoms with van der Waals surface area (Å²) >= 11 is 0. The number of H-pyrrole nitrogens is 1. The number of carbonyl (C=O) groups excluding carboxylic acids is 1. The van der Waals surface area contributed by atoms with E-state index in [1.165, 1.54) is 12.3 Å². The normalized spacial score (nSPS) is 18.3. The van der Waals surface area contributed by atoms with Gasteiger partial charge in [0.15, 0.2) is 0 Å². The van der Waals surface area contributed by atoms with Gasteiger partial charge in [-0.1, -0.05) is 19.3 Å². The number of aliphatic hydroxyl groups excluding tert-OH is 1. The Morgan fingerprint density at radius 2 is 2.11 bits per heavy atom. The first-order valence-corrected chi connectivity index (χ1v) is 6.27. The molecule has 3 N–H and O–H groups in total. The molecule has 0 radical (unpaired) electrons. The number of rotatable bonds is 3. The Hall–Kier alpha value is -1.62. The lowest BCUT2D eigenvalue weighted by Crippen LogP contribution is -2.52. The van der Waals surface area contributed by atoms with Crippen molar-refractivity contribution in [2.75, 3.05) is 6.61 Å². The quantitative estimate of drug-likeness (QED) is 0.742. The van der Waals surface area contributed by atoms with Gasteiger partial charge in [-0.25, -0.2) is 0 Å². The van der Waals surface area contributed by atoms with E-state index in [1.807, 2.05) is 0 Å². The minimum absolute atomic E-state index is 0.0536. The van der Waals surface area contributed by atoms with Crippen LogP contribution in [0.1, 0.15) is 42.5 Å². The first-order valence-electron chi connectivity index (χ1n) is 6.27. The largest absolute Gasteiger partial charge is 0.394 e. The Bertz CT molecular complexity index is 475. The highest BCUT2D eigenvalue weighted by Gasteiger charge is 2.33. The molecule has 0 bridgehead atoms. The zero-order chi connectivity index (χ0) is 13.0. The number of hydrogen-bond donors (Lipinski definition) is 3. The van der Waals surface area contributed by atoms with Crippen molar-refractivity contribution in [2.45, 2.75) is 37.6 Å². The predicted octanol–water partition coefficient (Wildman–Crippen LogP) is 0.800. The molecule has 1 fully saturated rings. The van der Waals surface area contributed by atoms with Crippen molar-refractivity contribution in [1.29, 1.82) is 0 Å². The molecule has 0 aromatic carbocycles. The number of aromatic amines is 1. The molecule has 1 amide bonds. The summed E-state index contributed by atoms with van der Waals surface area (Å²) in [5.41, 5.74) is -0.487. The molecule has 1 aliphatic carbocycles. The van der Waals surface area contributed by atoms with Crippen LogP contribution in [-0.2, 0) is 0 Å². The van der Waals surface area contributed by atoms with Crippen LogP contribution in [0, 0.1) is 0 Å². The van der Waals surface area contributed by atoms with Crippen molar-refractivity contribution in [3.63, 3.8) is 0 Å². The summed E-state index contributed by atoms with van der Waals surface area (Å²) in [6, 6.07) is 2.83. The summed E-state index contributed by atoms with van der Waals surface area (Å²) in [5, 5.41) is 12.4. The van der Waals surface area contributed by atoms with Crippen molar-refractivity contribution >= 4 is 5.91 Å². The summed E-state index contributed by atoms with van der Waals surface area (Å²) in [7, 11) is 0. The molecule has 5 heteroatoms. The van der Waals surface area contributed by atoms with E-state index in [4.69, 9.17) is 0 Å². The molecule has 0 unspecified atom stereocenters. The third-order valence-corrected chi connectivity index (χ3v) is 3.53. The maximum absolute atomic E-state index is 12.1. The molecule has 98 valence electrons. The van der Waals surface area contributed by atoms with Gasteiger partial charge in [0.2, 0.25) is 5.56 Å². The van der Waals surface area contributed by atoms with E-state index >= 15 is 0 Å². The summed E-state index contributed by atoms with van der Waals surface area (Å²) in [5.74, 6) is -0.294. The molecule has 1 heterocycles. The second kappa shape index (κ2) is 5.35. The first-order chi connectivity index (χ1) is 8.65. The van der Waals surface area contributed by atoms with Crippen molar-refractivity contribution in [1.82, 2.24) is 10.3 Å². The minimum Gasteiger partial charge on any atom is -0.394 e. The average Bonchev–Trinajstić information content (AvgIpc) is 2.40. The van der Waals surface area contributed by atoms with Crippen molar-refractivity contribution in [2.24, 2.45) is 0 Å². The van der Waals surface area contributed by atoms with Gasteiger partial charge in [0.05, 0.1) is 12.1 Å². The van der Waals surface area contributed by atoms with Crippen molar-refractivity contribution in [3.8, 4) is 0 Å². The number of aromatic nitrogens is 1. The maximum atomic E-state index is 12.1. The standard InChI is InChI=1S/C13H18N2O3/c16-9-13(5-2-1-3-6-13)15-12(18)10-4-7-14-11(17)8-10/h4,7-8,16H,1-3,5-6,9H2,(H,14,17)(H,15,18). The summed E-state index contributed by atoms with van der Waals surface area (Å²) in [6.45, 7) is -0.0536. The number of nitrogens with one attached hydrogen (secondary N) is 2. The molecule has 2 rings (SSSR count). The Balaban J connectivity index is 2.12. The van der Waals surface area contributed by atoms with Crippen molar-refractivity contribution in [3.05, 3.63) is 34.2 Å². The van der Waals surface area contributed by atoms with Gasteiger partial charge in [-0.2, -0.15) is 0 Å². The molecule has 0 atom stereocenters. The second-order valence-corrected chi connectivity index (χ2v) is 4.89. The van der Waals surface area contributed by atoms with Gasteiger partial charge in [-0.3, -0.25) is 9.59 Å². The minimum atomic E-state index is -0.516. The highest BCUT2D eigenvalue weighted by molar-refractivity contribution is 5.94. The van der Waals surface area contributed by atoms with Crippen LogP contribution in [0.3, 0.4) is 0 Å². The van der Waals surface area contributed by atoms with Crippen LogP contribution >= 0.6 is 0 Å². The summed E-state index contributed by atoms with van der Waals surface area (Å²) < 4.78 is 0. The van der Waals surface area contributed by atoms with Gasteiger partial charge in [-0.05, 0) is 18.9 Å². The van der Waals surface area contributed by atoms with E-state index in [9.17, 15) is 14.7 Å². The topological polar surface area (TPSA) is 82.2 Å². The zero-order valence-electron chi connectivity index (χ0n) is 10.2. The van der Waals surface area contributed by atoms with E-state index in [-0.39, 0.29) is 18.1 Å². The smallest absolute Gasteiger partial charge is 0.252 e. The lowest BCUT2D eigenvalue weighted by atomic mass is 9.82. The van der Waals surface area contributed by atoms with Crippen molar-refractivity contribution < 1.29 is 9.90 Å². The first kappa shape index (κ1) is 12.8. The fourth-order valence-electron chi connectivity index (χ4n) is 2.45. The predicted molar refractivity (Wildman–Crippen MR) is 67.4 cm³/mol.